The maximum atomic E-state index is 12.3. The summed E-state index contributed by atoms with van der Waals surface area (Å²) in [6.45, 7) is 3.11. The van der Waals surface area contributed by atoms with E-state index in [1.54, 1.807) is 19.2 Å². The van der Waals surface area contributed by atoms with Gasteiger partial charge in [0, 0.05) is 49.6 Å². The molecular weight excluding hydrogens is 372 g/mol. The molecule has 29 heavy (non-hydrogen) atoms. The number of esters is 1. The molecule has 0 N–H and O–H groups in total. The quantitative estimate of drug-likeness (QED) is 0.316. The maximum Gasteiger partial charge on any atom is 0.359 e. The van der Waals surface area contributed by atoms with Gasteiger partial charge in [-0.3, -0.25) is 5.01 Å². The van der Waals surface area contributed by atoms with Gasteiger partial charge in [0.15, 0.2) is 18.1 Å². The molecule has 0 saturated carbocycles. The number of aryl methyl sites for hydroxylation is 1. The fraction of sp³-hybridized carbons (Fsp3) is 0.381. The smallest absolute Gasteiger partial charge is 0.359 e. The molecule has 1 aromatic heterocycles. The van der Waals surface area contributed by atoms with Crippen molar-refractivity contribution in [1.82, 2.24) is 0 Å². The molecule has 2 aromatic rings. The number of hydrogen-bond donors (Lipinski definition) is 0. The lowest BCUT2D eigenvalue weighted by atomic mass is 10.1. The number of methoxy groups -OCH3 is 2. The highest BCUT2D eigenvalue weighted by molar-refractivity contribution is 6.43. The van der Waals surface area contributed by atoms with E-state index in [-0.39, 0.29) is 5.71 Å². The Morgan fingerprint density at radius 2 is 1.86 bits per heavy atom. The monoisotopic (exact) mass is 399 g/mol. The van der Waals surface area contributed by atoms with Crippen molar-refractivity contribution in [1.29, 1.82) is 0 Å². The summed E-state index contributed by atoms with van der Waals surface area (Å²) >= 11 is 0. The molecule has 154 valence electrons. The van der Waals surface area contributed by atoms with E-state index in [1.807, 2.05) is 54.3 Å². The van der Waals surface area contributed by atoms with Crippen LogP contribution in [-0.4, -0.2) is 59.3 Å². The summed E-state index contributed by atoms with van der Waals surface area (Å²) in [6, 6.07) is 9.58. The molecule has 1 aliphatic heterocycles. The third-order valence-electron chi connectivity index (χ3n) is 4.77. The van der Waals surface area contributed by atoms with E-state index in [1.165, 1.54) is 7.11 Å². The van der Waals surface area contributed by atoms with E-state index in [0.29, 0.717) is 24.5 Å². The largest absolute Gasteiger partial charge is 0.494 e. The van der Waals surface area contributed by atoms with Gasteiger partial charge < -0.3 is 19.1 Å². The number of carbonyl (C=O) groups is 1. The number of anilines is 2. The predicted molar refractivity (Wildman–Crippen MR) is 111 cm³/mol. The lowest BCUT2D eigenvalue weighted by Crippen LogP contribution is -2.36. The molecule has 1 saturated heterocycles. The first-order chi connectivity index (χ1) is 14.0. The Labute approximate surface area is 170 Å². The van der Waals surface area contributed by atoms with E-state index in [2.05, 4.69) is 10.0 Å². The van der Waals surface area contributed by atoms with Crippen molar-refractivity contribution in [2.45, 2.75) is 0 Å². The summed E-state index contributed by atoms with van der Waals surface area (Å²) in [4.78, 5) is 14.6. The second-order valence-corrected chi connectivity index (χ2v) is 6.67. The van der Waals surface area contributed by atoms with Crippen molar-refractivity contribution >= 4 is 23.1 Å². The van der Waals surface area contributed by atoms with E-state index in [9.17, 15) is 4.79 Å². The highest BCUT2D eigenvalue weighted by Gasteiger charge is 2.19. The summed E-state index contributed by atoms with van der Waals surface area (Å²) < 4.78 is 17.8. The van der Waals surface area contributed by atoms with Gasteiger partial charge in [-0.15, -0.1) is 0 Å². The van der Waals surface area contributed by atoms with Crippen LogP contribution in [0, 0.1) is 0 Å². The zero-order valence-corrected chi connectivity index (χ0v) is 17.3. The molecule has 8 heteroatoms. The summed E-state index contributed by atoms with van der Waals surface area (Å²) in [5.74, 6) is 0.165. The van der Waals surface area contributed by atoms with Gasteiger partial charge in [-0.2, -0.15) is 5.10 Å². The Morgan fingerprint density at radius 1 is 1.17 bits per heavy atom. The third-order valence-corrected chi connectivity index (χ3v) is 4.77. The number of nitrogens with zero attached hydrogens (tertiary/aromatic N) is 4. The highest BCUT2D eigenvalue weighted by atomic mass is 16.5. The number of rotatable bonds is 6. The molecule has 1 fully saturated rings. The topological polar surface area (TPSA) is 67.5 Å². The van der Waals surface area contributed by atoms with Gasteiger partial charge in [0.1, 0.15) is 18.5 Å². The molecule has 3 rings (SSSR count). The van der Waals surface area contributed by atoms with E-state index >= 15 is 0 Å². The first kappa shape index (κ1) is 20.6. The number of ether oxygens (including phenoxy) is 3. The molecule has 0 spiro atoms. The molecule has 0 radical (unpaired) electrons. The molecule has 0 atom stereocenters. The number of hydrazone groups is 1. The van der Waals surface area contributed by atoms with Crippen LogP contribution >= 0.6 is 0 Å². The van der Waals surface area contributed by atoms with Crippen LogP contribution < -0.4 is 19.2 Å². The van der Waals surface area contributed by atoms with Crippen molar-refractivity contribution in [2.24, 2.45) is 12.1 Å². The molecule has 1 aliphatic rings. The average Bonchev–Trinajstić information content (AvgIpc) is 2.77. The number of morpholine rings is 1. The Kier molecular flexibility index (Phi) is 6.66. The van der Waals surface area contributed by atoms with E-state index in [4.69, 9.17) is 14.2 Å². The van der Waals surface area contributed by atoms with Crippen LogP contribution in [0.4, 0.5) is 11.4 Å². The molecule has 0 unspecified atom stereocenters. The average molecular weight is 399 g/mol. The number of hydrogen-bond acceptors (Lipinski definition) is 7. The first-order valence-corrected chi connectivity index (χ1v) is 9.40. The lowest BCUT2D eigenvalue weighted by molar-refractivity contribution is -0.671. The Morgan fingerprint density at radius 3 is 2.48 bits per heavy atom. The van der Waals surface area contributed by atoms with Gasteiger partial charge in [0.2, 0.25) is 0 Å². The molecule has 2 heterocycles. The van der Waals surface area contributed by atoms with E-state index in [0.717, 1.165) is 24.5 Å². The third kappa shape index (κ3) is 4.83. The minimum Gasteiger partial charge on any atom is -0.494 e. The van der Waals surface area contributed by atoms with Gasteiger partial charge in [-0.25, -0.2) is 9.36 Å². The molecule has 0 amide bonds. The second-order valence-electron chi connectivity index (χ2n) is 6.67. The van der Waals surface area contributed by atoms with Crippen LogP contribution in [0.1, 0.15) is 5.56 Å². The normalized spacial score (nSPS) is 14.5. The van der Waals surface area contributed by atoms with Crippen molar-refractivity contribution in [2.75, 3.05) is 57.5 Å². The number of aromatic nitrogens is 1. The summed E-state index contributed by atoms with van der Waals surface area (Å²) in [7, 11) is 6.65. The fourth-order valence-electron chi connectivity index (χ4n) is 3.13. The zero-order chi connectivity index (χ0) is 20.8. The van der Waals surface area contributed by atoms with Crippen molar-refractivity contribution < 1.29 is 23.6 Å². The Balaban J connectivity index is 1.92. The SMILES string of the molecule is COC(=O)/C(=N\N(C)c1ccc(N2CCOCC2)cc1OC)c1cc[n+](C)cc1. The van der Waals surface area contributed by atoms with Gasteiger partial charge in [-0.1, -0.05) is 0 Å². The van der Waals surface area contributed by atoms with Crippen molar-refractivity contribution in [3.05, 3.63) is 48.3 Å². The number of pyridine rings is 1. The van der Waals surface area contributed by atoms with Crippen LogP contribution in [0.15, 0.2) is 47.8 Å². The van der Waals surface area contributed by atoms with Gasteiger partial charge >= 0.3 is 5.97 Å². The Hall–Kier alpha value is -3.13. The van der Waals surface area contributed by atoms with Gasteiger partial charge in [0.05, 0.1) is 27.4 Å². The standard InChI is InChI=1S/C21H27N4O4/c1-23-9-7-16(8-10-23)20(21(26)28-4)22-24(2)18-6-5-17(15-19(18)27-3)25-11-13-29-14-12-25/h5-10,15H,11-14H2,1-4H3/q+1. The molecule has 8 nitrogen and oxygen atoms in total. The Bertz CT molecular complexity index is 877. The molecule has 0 bridgehead atoms. The van der Waals surface area contributed by atoms with Crippen LogP contribution in [0.3, 0.4) is 0 Å². The van der Waals surface area contributed by atoms with Crippen LogP contribution in [0.25, 0.3) is 0 Å². The van der Waals surface area contributed by atoms with Crippen molar-refractivity contribution in [3.8, 4) is 5.75 Å². The van der Waals surface area contributed by atoms with Crippen LogP contribution in [-0.2, 0) is 21.3 Å². The van der Waals surface area contributed by atoms with Gasteiger partial charge in [-0.05, 0) is 12.1 Å². The lowest BCUT2D eigenvalue weighted by Gasteiger charge is -2.29. The summed E-state index contributed by atoms with van der Waals surface area (Å²) in [5.41, 5.74) is 2.70. The fourth-order valence-corrected chi connectivity index (χ4v) is 3.13. The van der Waals surface area contributed by atoms with Crippen molar-refractivity contribution in [3.63, 3.8) is 0 Å². The maximum absolute atomic E-state index is 12.3. The first-order valence-electron chi connectivity index (χ1n) is 9.40. The molecule has 0 aliphatic carbocycles. The molecule has 1 aromatic carbocycles. The second kappa shape index (κ2) is 9.38. The molecular formula is C21H27N4O4+. The van der Waals surface area contributed by atoms with E-state index < -0.39 is 5.97 Å². The number of benzene rings is 1. The minimum atomic E-state index is -0.505. The number of carbonyl (C=O) groups excluding carboxylic acids is 1. The zero-order valence-electron chi connectivity index (χ0n) is 17.3. The summed E-state index contributed by atoms with van der Waals surface area (Å²) in [5, 5.41) is 6.15. The van der Waals surface area contributed by atoms with Crippen LogP contribution in [0.5, 0.6) is 5.75 Å². The van der Waals surface area contributed by atoms with Gasteiger partial charge in [0.25, 0.3) is 0 Å². The minimum absolute atomic E-state index is 0.218. The summed E-state index contributed by atoms with van der Waals surface area (Å²) in [6.07, 6.45) is 3.71. The van der Waals surface area contributed by atoms with Crippen LogP contribution in [0.2, 0.25) is 0 Å². The predicted octanol–water partition coefficient (Wildman–Crippen LogP) is 1.37. The highest BCUT2D eigenvalue weighted by Crippen LogP contribution is 2.32.